The molecular weight excluding hydrogens is 324 g/mol. The maximum absolute atomic E-state index is 6.12. The van der Waals surface area contributed by atoms with Gasteiger partial charge in [-0.1, -0.05) is 65.7 Å². The van der Waals surface area contributed by atoms with Crippen LogP contribution >= 0.6 is 15.9 Å². The fraction of sp³-hybridized carbons (Fsp3) is 0.333. The minimum absolute atomic E-state index is 0.189. The Morgan fingerprint density at radius 3 is 2.33 bits per heavy atom. The largest absolute Gasteiger partial charge is 0.363 e. The number of anilines is 1. The van der Waals surface area contributed by atoms with Gasteiger partial charge in [-0.3, -0.25) is 0 Å². The first kappa shape index (κ1) is 16.1. The highest BCUT2D eigenvalue weighted by Gasteiger charge is 2.20. The Bertz CT molecular complexity index is 542. The summed E-state index contributed by atoms with van der Waals surface area (Å²) < 4.78 is 1.12. The van der Waals surface area contributed by atoms with Crippen LogP contribution in [0.25, 0.3) is 0 Å². The summed E-state index contributed by atoms with van der Waals surface area (Å²) in [6.45, 7) is 3.84. The Kier molecular flexibility index (Phi) is 6.27. The lowest BCUT2D eigenvalue weighted by Crippen LogP contribution is -2.34. The maximum Gasteiger partial charge on any atom is 0.0675 e. The van der Waals surface area contributed by atoms with E-state index in [1.54, 1.807) is 0 Å². The van der Waals surface area contributed by atoms with E-state index < -0.39 is 0 Å². The molecule has 1 atom stereocenters. The van der Waals surface area contributed by atoms with Crippen LogP contribution in [0.5, 0.6) is 0 Å². The smallest absolute Gasteiger partial charge is 0.0675 e. The maximum atomic E-state index is 6.12. The Balaban J connectivity index is 2.36. The van der Waals surface area contributed by atoms with E-state index in [4.69, 9.17) is 5.73 Å². The molecule has 0 aliphatic carbocycles. The predicted octanol–water partition coefficient (Wildman–Crippen LogP) is 4.76. The van der Waals surface area contributed by atoms with Crippen molar-refractivity contribution >= 4 is 21.6 Å². The molecular formula is C18H23BrN2. The number of nitrogens with zero attached hydrogens (tertiary/aromatic N) is 1. The number of rotatable bonds is 7. The third kappa shape index (κ3) is 4.08. The van der Waals surface area contributed by atoms with Crippen LogP contribution in [0.15, 0.2) is 59.1 Å². The third-order valence-electron chi connectivity index (χ3n) is 3.70. The molecule has 0 saturated heterocycles. The van der Waals surface area contributed by atoms with E-state index in [1.807, 2.05) is 6.07 Å². The van der Waals surface area contributed by atoms with Gasteiger partial charge in [0.25, 0.3) is 0 Å². The van der Waals surface area contributed by atoms with E-state index in [0.717, 1.165) is 17.4 Å². The van der Waals surface area contributed by atoms with Crippen LogP contribution in [0.3, 0.4) is 0 Å². The van der Waals surface area contributed by atoms with Gasteiger partial charge < -0.3 is 10.6 Å². The van der Waals surface area contributed by atoms with Crippen molar-refractivity contribution in [2.45, 2.75) is 25.8 Å². The van der Waals surface area contributed by atoms with Gasteiger partial charge in [0.05, 0.1) is 6.04 Å². The molecule has 2 N–H and O–H groups in total. The van der Waals surface area contributed by atoms with Crippen molar-refractivity contribution < 1.29 is 0 Å². The topological polar surface area (TPSA) is 29.3 Å². The van der Waals surface area contributed by atoms with Gasteiger partial charge in [0, 0.05) is 23.2 Å². The summed E-state index contributed by atoms with van der Waals surface area (Å²) in [4.78, 5) is 2.42. The standard InChI is InChI=1S/C18H23BrN2/c1-2-3-13-21(15-9-5-4-6-10-15)18(14-20)16-11-7-8-12-17(16)19/h4-12,18H,2-3,13-14,20H2,1H3. The van der Waals surface area contributed by atoms with Gasteiger partial charge in [-0.2, -0.15) is 0 Å². The van der Waals surface area contributed by atoms with Gasteiger partial charge in [-0.05, 0) is 30.2 Å². The Morgan fingerprint density at radius 2 is 1.71 bits per heavy atom. The number of benzene rings is 2. The molecule has 0 aliphatic heterocycles. The molecule has 0 spiro atoms. The van der Waals surface area contributed by atoms with Gasteiger partial charge in [-0.15, -0.1) is 0 Å². The average molecular weight is 347 g/mol. The van der Waals surface area contributed by atoms with Crippen molar-refractivity contribution in [1.29, 1.82) is 0 Å². The minimum Gasteiger partial charge on any atom is -0.363 e. The predicted molar refractivity (Wildman–Crippen MR) is 94.6 cm³/mol. The van der Waals surface area contributed by atoms with Crippen molar-refractivity contribution in [2.75, 3.05) is 18.0 Å². The summed E-state index contributed by atoms with van der Waals surface area (Å²) in [5.74, 6) is 0. The summed E-state index contributed by atoms with van der Waals surface area (Å²) >= 11 is 3.66. The van der Waals surface area contributed by atoms with Crippen molar-refractivity contribution in [1.82, 2.24) is 0 Å². The summed E-state index contributed by atoms with van der Waals surface area (Å²) in [5, 5.41) is 0. The molecule has 21 heavy (non-hydrogen) atoms. The number of unbranched alkanes of at least 4 members (excludes halogenated alkanes) is 1. The second-order valence-electron chi connectivity index (χ2n) is 5.16. The van der Waals surface area contributed by atoms with E-state index >= 15 is 0 Å². The normalized spacial score (nSPS) is 12.1. The molecule has 1 unspecified atom stereocenters. The zero-order valence-corrected chi connectivity index (χ0v) is 14.1. The molecule has 3 heteroatoms. The zero-order valence-electron chi connectivity index (χ0n) is 12.5. The van der Waals surface area contributed by atoms with Crippen LogP contribution in [0.1, 0.15) is 31.4 Å². The summed E-state index contributed by atoms with van der Waals surface area (Å²) in [6.07, 6.45) is 2.34. The van der Waals surface area contributed by atoms with Crippen LogP contribution in [0.2, 0.25) is 0 Å². The minimum atomic E-state index is 0.189. The van der Waals surface area contributed by atoms with Crippen LogP contribution in [0, 0.1) is 0 Å². The molecule has 0 radical (unpaired) electrons. The first-order valence-electron chi connectivity index (χ1n) is 7.54. The molecule has 2 aromatic carbocycles. The second-order valence-corrected chi connectivity index (χ2v) is 6.01. The van der Waals surface area contributed by atoms with Crippen molar-refractivity contribution in [3.63, 3.8) is 0 Å². The number of hydrogen-bond acceptors (Lipinski definition) is 2. The summed E-state index contributed by atoms with van der Waals surface area (Å²) in [7, 11) is 0. The van der Waals surface area contributed by atoms with Crippen LogP contribution in [-0.4, -0.2) is 13.1 Å². The van der Waals surface area contributed by atoms with Crippen LogP contribution in [0.4, 0.5) is 5.69 Å². The first-order chi connectivity index (χ1) is 10.3. The zero-order chi connectivity index (χ0) is 15.1. The van der Waals surface area contributed by atoms with E-state index in [9.17, 15) is 0 Å². The monoisotopic (exact) mass is 346 g/mol. The molecule has 2 rings (SSSR count). The number of halogens is 1. The Hall–Kier alpha value is -1.32. The molecule has 0 saturated carbocycles. The Labute approximate surface area is 136 Å². The molecule has 0 fully saturated rings. The molecule has 0 heterocycles. The molecule has 0 amide bonds. The number of nitrogens with two attached hydrogens (primary N) is 1. The van der Waals surface area contributed by atoms with Gasteiger partial charge in [0.1, 0.15) is 0 Å². The van der Waals surface area contributed by atoms with E-state index in [1.165, 1.54) is 17.7 Å². The molecule has 0 bridgehead atoms. The third-order valence-corrected chi connectivity index (χ3v) is 4.43. The fourth-order valence-electron chi connectivity index (χ4n) is 2.58. The van der Waals surface area contributed by atoms with E-state index in [2.05, 4.69) is 76.3 Å². The highest BCUT2D eigenvalue weighted by molar-refractivity contribution is 9.10. The number of para-hydroxylation sites is 1. The highest BCUT2D eigenvalue weighted by Crippen LogP contribution is 2.31. The average Bonchev–Trinajstić information content (AvgIpc) is 2.53. The van der Waals surface area contributed by atoms with Crippen molar-refractivity contribution in [2.24, 2.45) is 5.73 Å². The molecule has 112 valence electrons. The summed E-state index contributed by atoms with van der Waals surface area (Å²) in [6, 6.07) is 19.1. The van der Waals surface area contributed by atoms with Gasteiger partial charge in [0.15, 0.2) is 0 Å². The van der Waals surface area contributed by atoms with E-state index in [-0.39, 0.29) is 6.04 Å². The molecule has 2 aromatic rings. The fourth-order valence-corrected chi connectivity index (χ4v) is 3.13. The van der Waals surface area contributed by atoms with E-state index in [0.29, 0.717) is 6.54 Å². The lowest BCUT2D eigenvalue weighted by Gasteiger charge is -2.34. The molecule has 0 aromatic heterocycles. The van der Waals surface area contributed by atoms with Gasteiger partial charge in [-0.25, -0.2) is 0 Å². The number of hydrogen-bond donors (Lipinski definition) is 1. The van der Waals surface area contributed by atoms with Crippen LogP contribution < -0.4 is 10.6 Å². The van der Waals surface area contributed by atoms with Crippen molar-refractivity contribution in [3.05, 3.63) is 64.6 Å². The van der Waals surface area contributed by atoms with Crippen LogP contribution in [-0.2, 0) is 0 Å². The Morgan fingerprint density at radius 1 is 1.05 bits per heavy atom. The van der Waals surface area contributed by atoms with Crippen molar-refractivity contribution in [3.8, 4) is 0 Å². The lowest BCUT2D eigenvalue weighted by atomic mass is 10.0. The van der Waals surface area contributed by atoms with Gasteiger partial charge in [0.2, 0.25) is 0 Å². The van der Waals surface area contributed by atoms with Gasteiger partial charge >= 0.3 is 0 Å². The first-order valence-corrected chi connectivity index (χ1v) is 8.33. The lowest BCUT2D eigenvalue weighted by molar-refractivity contribution is 0.603. The highest BCUT2D eigenvalue weighted by atomic mass is 79.9. The molecule has 2 nitrogen and oxygen atoms in total. The summed E-state index contributed by atoms with van der Waals surface area (Å²) in [5.41, 5.74) is 8.60. The SMILES string of the molecule is CCCCN(c1ccccc1)C(CN)c1ccccc1Br. The second kappa shape index (κ2) is 8.20. The molecule has 0 aliphatic rings. The quantitative estimate of drug-likeness (QED) is 0.783.